The number of ether oxygens (including phenoxy) is 1. The number of pyridine rings is 1. The minimum atomic E-state index is -0.575. The van der Waals surface area contributed by atoms with Crippen LogP contribution in [0.15, 0.2) is 224 Å². The minimum Gasteiger partial charge on any atom is -0.510 e. The minimum absolute atomic E-state index is 0. The van der Waals surface area contributed by atoms with E-state index in [4.69, 9.17) is 23.4 Å². The van der Waals surface area contributed by atoms with Crippen molar-refractivity contribution in [2.24, 2.45) is 5.92 Å². The van der Waals surface area contributed by atoms with Crippen molar-refractivity contribution in [1.29, 1.82) is 0 Å². The summed E-state index contributed by atoms with van der Waals surface area (Å²) in [5.41, 5.74) is 9.03. The van der Waals surface area contributed by atoms with Crippen molar-refractivity contribution in [3.63, 3.8) is 0 Å². The van der Waals surface area contributed by atoms with E-state index in [9.17, 15) is 0 Å². The van der Waals surface area contributed by atoms with E-state index in [1.807, 2.05) is 91.1 Å². The third-order valence-electron chi connectivity index (χ3n) is 13.1. The van der Waals surface area contributed by atoms with Gasteiger partial charge in [-0.25, -0.2) is 4.98 Å². The first-order valence-corrected chi connectivity index (χ1v) is 23.2. The quantitative estimate of drug-likeness (QED) is 0.0956. The molecule has 0 spiro atoms. The standard InChI is InChI=1S/C65H48N4O.Pt/c1-44(2)45(3)57-41-64(66-42-59(57)49-26-14-7-15-27-49)69-60-37-34-50(46-20-8-4-9-21-46)38-58(60)56-36-35-53(40-63(56)69)70-52-29-18-28-51(39-52)67-43-68(62-33-17-16-32-61(62)67)65-54(47-22-10-5-11-23-47)30-19-31-55(65)48-24-12-6-13-25-48;/h4-38,41-42,44-45H,1-3H3;/q-2;/i5D,6D,10D,11D,12D,13D,22D,23D,24D,25D;. The van der Waals surface area contributed by atoms with E-state index < -0.39 is 60.4 Å². The molecule has 0 N–H and O–H groups in total. The van der Waals surface area contributed by atoms with Crippen LogP contribution in [0.5, 0.6) is 11.5 Å². The molecule has 1 unspecified atom stereocenters. The Kier molecular flexibility index (Phi) is 9.56. The first kappa shape index (κ1) is 35.1. The van der Waals surface area contributed by atoms with Crippen molar-refractivity contribution in [1.82, 2.24) is 14.1 Å². The van der Waals surface area contributed by atoms with Gasteiger partial charge in [-0.05, 0) is 79.5 Å². The number of imidazole rings is 1. The van der Waals surface area contributed by atoms with Crippen LogP contribution < -0.4 is 9.30 Å². The average molecular weight is 1110 g/mol. The summed E-state index contributed by atoms with van der Waals surface area (Å²) in [5.74, 6) is 2.07. The Morgan fingerprint density at radius 2 is 1.20 bits per heavy atom. The topological polar surface area (TPSA) is 35.9 Å². The summed E-state index contributed by atoms with van der Waals surface area (Å²) < 4.78 is 99.7. The van der Waals surface area contributed by atoms with E-state index in [1.54, 1.807) is 33.4 Å². The maximum absolute atomic E-state index is 9.07. The molecule has 5 nitrogen and oxygen atoms in total. The van der Waals surface area contributed by atoms with Crippen LogP contribution in [0, 0.1) is 24.4 Å². The van der Waals surface area contributed by atoms with Crippen LogP contribution in [0.3, 0.4) is 0 Å². The molecule has 3 heterocycles. The smallest absolute Gasteiger partial charge is 0.268 e. The normalized spacial score (nSPS) is 13.8. The van der Waals surface area contributed by atoms with Gasteiger partial charge in [-0.2, -0.15) is 18.2 Å². The predicted molar refractivity (Wildman–Crippen MR) is 285 cm³/mol. The van der Waals surface area contributed by atoms with E-state index in [0.29, 0.717) is 34.1 Å². The van der Waals surface area contributed by atoms with Gasteiger partial charge in [0, 0.05) is 49.8 Å². The van der Waals surface area contributed by atoms with Crippen LogP contribution in [0.4, 0.5) is 0 Å². The molecular weight excluding hydrogens is 1050 g/mol. The predicted octanol–water partition coefficient (Wildman–Crippen LogP) is 16.0. The molecule has 3 aromatic heterocycles. The van der Waals surface area contributed by atoms with Gasteiger partial charge in [0.2, 0.25) is 0 Å². The Balaban J connectivity index is 0.00000690. The molecule has 0 aliphatic rings. The fourth-order valence-electron chi connectivity index (χ4n) is 9.31. The average Bonchev–Trinajstić information content (AvgIpc) is 3.58. The van der Waals surface area contributed by atoms with Crippen molar-refractivity contribution >= 4 is 32.8 Å². The molecule has 0 saturated heterocycles. The van der Waals surface area contributed by atoms with Crippen LogP contribution in [-0.2, 0) is 21.1 Å². The number of benzene rings is 9. The Morgan fingerprint density at radius 1 is 0.549 bits per heavy atom. The number of rotatable bonds is 11. The molecule has 0 bridgehead atoms. The SMILES string of the molecule is [2H]c1c([2H])c([2H])c(-c2cccc(-c3c([2H])c([2H])c([2H])c([2H])c3[2H])c2-[n+]2[c-]n(-c3[c-]c(Oc4[c-]c5c(cc4)c4cc(-c6ccccc6)ccc4n5-c4cc(C(C)C(C)C)c(-c5ccccc5)cn4)ccc3)c3ccccc32)c([2H])c1[2H].[Pt]. The second-order valence-electron chi connectivity index (χ2n) is 17.5. The zero-order valence-electron chi connectivity index (χ0n) is 48.8. The van der Waals surface area contributed by atoms with Gasteiger partial charge in [0.1, 0.15) is 5.82 Å². The summed E-state index contributed by atoms with van der Waals surface area (Å²) in [6.07, 6.45) is 5.41. The van der Waals surface area contributed by atoms with Crippen molar-refractivity contribution < 1.29 is 44.1 Å². The van der Waals surface area contributed by atoms with Gasteiger partial charge >= 0.3 is 0 Å². The summed E-state index contributed by atoms with van der Waals surface area (Å²) >= 11 is 0. The summed E-state index contributed by atoms with van der Waals surface area (Å²) in [5, 5.41) is 1.98. The Bertz CT molecular complexity index is 4320. The molecule has 6 heteroatoms. The molecule has 71 heavy (non-hydrogen) atoms. The first-order valence-electron chi connectivity index (χ1n) is 28.2. The zero-order valence-corrected chi connectivity index (χ0v) is 41.0. The molecule has 346 valence electrons. The number of fused-ring (bicyclic) bond motifs is 4. The van der Waals surface area contributed by atoms with E-state index >= 15 is 0 Å². The Morgan fingerprint density at radius 3 is 1.90 bits per heavy atom. The summed E-state index contributed by atoms with van der Waals surface area (Å²) in [6.45, 7) is 6.73. The number of nitrogens with zero attached hydrogens (tertiary/aromatic N) is 4. The second kappa shape index (κ2) is 19.4. The molecule has 0 aliphatic heterocycles. The largest absolute Gasteiger partial charge is 0.510 e. The van der Waals surface area contributed by atoms with E-state index in [-0.39, 0.29) is 54.9 Å². The van der Waals surface area contributed by atoms with Crippen molar-refractivity contribution in [3.05, 3.63) is 248 Å². The summed E-state index contributed by atoms with van der Waals surface area (Å²) in [4.78, 5) is 5.17. The first-order chi connectivity index (χ1) is 38.6. The van der Waals surface area contributed by atoms with Gasteiger partial charge in [-0.1, -0.05) is 202 Å². The molecule has 0 fully saturated rings. The molecule has 9 aromatic carbocycles. The molecule has 12 rings (SSSR count). The van der Waals surface area contributed by atoms with Crippen LogP contribution >= 0.6 is 0 Å². The van der Waals surface area contributed by atoms with Gasteiger partial charge in [-0.3, -0.25) is 4.57 Å². The van der Waals surface area contributed by atoms with E-state index in [0.717, 1.165) is 49.9 Å². The molecule has 0 amide bonds. The number of hydrogen-bond donors (Lipinski definition) is 0. The fourth-order valence-corrected chi connectivity index (χ4v) is 9.31. The molecule has 0 radical (unpaired) electrons. The zero-order chi connectivity index (χ0) is 55.8. The van der Waals surface area contributed by atoms with Crippen LogP contribution in [0.25, 0.3) is 94.5 Å². The maximum Gasteiger partial charge on any atom is 0.268 e. The third-order valence-corrected chi connectivity index (χ3v) is 13.1. The van der Waals surface area contributed by atoms with Gasteiger partial charge in [0.15, 0.2) is 0 Å². The number of hydrogen-bond acceptors (Lipinski definition) is 2. The van der Waals surface area contributed by atoms with Crippen molar-refractivity contribution in [2.75, 3.05) is 0 Å². The molecule has 1 atom stereocenters. The van der Waals surface area contributed by atoms with Gasteiger partial charge in [0.05, 0.1) is 30.4 Å². The second-order valence-corrected chi connectivity index (χ2v) is 17.5. The maximum atomic E-state index is 9.07. The number of aromatic nitrogens is 4. The van der Waals surface area contributed by atoms with Crippen LogP contribution in [0.2, 0.25) is 0 Å². The molecule has 0 aliphatic carbocycles. The van der Waals surface area contributed by atoms with Crippen LogP contribution in [-0.4, -0.2) is 14.1 Å². The Hall–Kier alpha value is -8.11. The monoisotopic (exact) mass is 1110 g/mol. The fraction of sp³-hybridized carbons (Fsp3) is 0.0769. The van der Waals surface area contributed by atoms with Crippen molar-refractivity contribution in [3.8, 4) is 73.2 Å². The van der Waals surface area contributed by atoms with E-state index in [2.05, 4.69) is 92.3 Å². The third kappa shape index (κ3) is 8.47. The molecule has 12 aromatic rings. The summed E-state index contributed by atoms with van der Waals surface area (Å²) in [7, 11) is 0. The van der Waals surface area contributed by atoms with Gasteiger partial charge in [0.25, 0.3) is 6.33 Å². The molecular formula is C65H48N4OPt-2. The van der Waals surface area contributed by atoms with Gasteiger partial charge < -0.3 is 13.9 Å². The van der Waals surface area contributed by atoms with Gasteiger partial charge in [-0.15, -0.1) is 29.7 Å². The molecule has 0 saturated carbocycles. The van der Waals surface area contributed by atoms with E-state index in [1.165, 1.54) is 5.56 Å². The Labute approximate surface area is 443 Å². The van der Waals surface area contributed by atoms with Crippen LogP contribution in [0.1, 0.15) is 46.0 Å². The van der Waals surface area contributed by atoms with Crippen molar-refractivity contribution in [2.45, 2.75) is 26.7 Å². The summed E-state index contributed by atoms with van der Waals surface area (Å²) in [6, 6.07) is 52.6. The number of para-hydroxylation sites is 3.